The average molecular weight is 356 g/mol. The number of carbonyl (C=O) groups excluding carboxylic acids is 2. The first kappa shape index (κ1) is 17.7. The van der Waals surface area contributed by atoms with E-state index >= 15 is 0 Å². The number of benzene rings is 1. The second-order valence-corrected chi connectivity index (χ2v) is 7.94. The number of nitrogens with zero attached hydrogens (tertiary/aromatic N) is 1. The molecule has 2 aromatic rings. The number of thiophene rings is 1. The molecule has 1 fully saturated rings. The molecule has 1 N–H and O–H groups in total. The predicted molar refractivity (Wildman–Crippen MR) is 102 cm³/mol. The van der Waals surface area contributed by atoms with Gasteiger partial charge in [-0.05, 0) is 50.8 Å². The smallest absolute Gasteiger partial charge is 0.264 e. The summed E-state index contributed by atoms with van der Waals surface area (Å²) in [4.78, 5) is 27.3. The van der Waals surface area contributed by atoms with Crippen LogP contribution < -0.4 is 5.32 Å². The Kier molecular flexibility index (Phi) is 4.95. The highest BCUT2D eigenvalue weighted by Gasteiger charge is 2.30. The Balaban J connectivity index is 1.73. The van der Waals surface area contributed by atoms with Crippen LogP contribution in [0.3, 0.4) is 0 Å². The fourth-order valence-corrected chi connectivity index (χ4v) is 3.79. The highest BCUT2D eigenvalue weighted by molar-refractivity contribution is 7.18. The Morgan fingerprint density at radius 2 is 1.84 bits per heavy atom. The standard InChI is InChI=1S/C20H24N2O2S/c1-12-5-7-15(8-6-12)14(3)22(4)20(24)18-13(2)11-17(25-18)21-19(23)16-9-10-16/h5-8,11,14,16H,9-10H2,1-4H3,(H,21,23). The topological polar surface area (TPSA) is 49.4 Å². The SMILES string of the molecule is Cc1ccc(C(C)N(C)C(=O)c2sc(NC(=O)C3CC3)cc2C)cc1. The van der Waals surface area contributed by atoms with Gasteiger partial charge >= 0.3 is 0 Å². The van der Waals surface area contributed by atoms with E-state index in [1.807, 2.05) is 27.0 Å². The molecular formula is C20H24N2O2S. The maximum atomic E-state index is 12.9. The minimum atomic E-state index is -0.0147. The highest BCUT2D eigenvalue weighted by Crippen LogP contribution is 2.34. The number of rotatable bonds is 5. The molecule has 0 spiro atoms. The van der Waals surface area contributed by atoms with Gasteiger partial charge in [0.15, 0.2) is 0 Å². The van der Waals surface area contributed by atoms with Crippen LogP contribution in [0.2, 0.25) is 0 Å². The zero-order chi connectivity index (χ0) is 18.1. The molecule has 5 heteroatoms. The van der Waals surface area contributed by atoms with Gasteiger partial charge in [-0.15, -0.1) is 11.3 Å². The van der Waals surface area contributed by atoms with Crippen molar-refractivity contribution in [3.8, 4) is 0 Å². The summed E-state index contributed by atoms with van der Waals surface area (Å²) in [5.74, 6) is 0.218. The summed E-state index contributed by atoms with van der Waals surface area (Å²) in [7, 11) is 1.83. The third-order valence-electron chi connectivity index (χ3n) is 4.77. The molecule has 2 amide bonds. The Hall–Kier alpha value is -2.14. The Bertz CT molecular complexity index is 791. The van der Waals surface area contributed by atoms with Crippen molar-refractivity contribution >= 4 is 28.2 Å². The zero-order valence-electron chi connectivity index (χ0n) is 15.1. The fraction of sp³-hybridized carbons (Fsp3) is 0.400. The second kappa shape index (κ2) is 7.00. The van der Waals surface area contributed by atoms with Crippen molar-refractivity contribution in [2.45, 2.75) is 39.7 Å². The molecule has 3 rings (SSSR count). The Morgan fingerprint density at radius 1 is 1.20 bits per heavy atom. The third-order valence-corrected chi connectivity index (χ3v) is 5.91. The van der Waals surface area contributed by atoms with Gasteiger partial charge in [0.25, 0.3) is 5.91 Å². The first-order valence-electron chi connectivity index (χ1n) is 8.62. The predicted octanol–water partition coefficient (Wildman–Crippen LogP) is 4.55. The molecule has 1 heterocycles. The number of hydrogen-bond donors (Lipinski definition) is 1. The van der Waals surface area contributed by atoms with E-state index in [0.29, 0.717) is 4.88 Å². The number of aryl methyl sites for hydroxylation is 2. The molecule has 1 aliphatic carbocycles. The fourth-order valence-electron chi connectivity index (χ4n) is 2.73. The van der Waals surface area contributed by atoms with Crippen LogP contribution in [0, 0.1) is 19.8 Å². The molecule has 1 saturated carbocycles. The van der Waals surface area contributed by atoms with Crippen molar-refractivity contribution < 1.29 is 9.59 Å². The van der Waals surface area contributed by atoms with Gasteiger partial charge in [0.2, 0.25) is 5.91 Å². The molecule has 1 aliphatic rings. The van der Waals surface area contributed by atoms with E-state index in [4.69, 9.17) is 0 Å². The van der Waals surface area contributed by atoms with Gasteiger partial charge in [-0.2, -0.15) is 0 Å². The first-order chi connectivity index (χ1) is 11.9. The lowest BCUT2D eigenvalue weighted by atomic mass is 10.1. The maximum Gasteiger partial charge on any atom is 0.264 e. The van der Waals surface area contributed by atoms with Crippen molar-refractivity contribution in [2.24, 2.45) is 5.92 Å². The summed E-state index contributed by atoms with van der Waals surface area (Å²) in [5.41, 5.74) is 3.22. The third kappa shape index (κ3) is 3.93. The van der Waals surface area contributed by atoms with E-state index in [-0.39, 0.29) is 23.8 Å². The van der Waals surface area contributed by atoms with Gasteiger partial charge in [-0.3, -0.25) is 9.59 Å². The molecule has 1 unspecified atom stereocenters. The molecule has 0 radical (unpaired) electrons. The Labute approximate surface area is 152 Å². The molecule has 1 atom stereocenters. The van der Waals surface area contributed by atoms with Gasteiger partial charge in [0.05, 0.1) is 15.9 Å². The van der Waals surface area contributed by atoms with E-state index in [2.05, 4.69) is 36.5 Å². The molecule has 0 aliphatic heterocycles. The van der Waals surface area contributed by atoms with Gasteiger partial charge in [-0.1, -0.05) is 29.8 Å². The van der Waals surface area contributed by atoms with Crippen molar-refractivity contribution in [1.82, 2.24) is 4.90 Å². The van der Waals surface area contributed by atoms with E-state index in [1.165, 1.54) is 16.9 Å². The van der Waals surface area contributed by atoms with Gasteiger partial charge < -0.3 is 10.2 Å². The number of nitrogens with one attached hydrogen (secondary N) is 1. The van der Waals surface area contributed by atoms with E-state index in [0.717, 1.165) is 29.0 Å². The van der Waals surface area contributed by atoms with Crippen molar-refractivity contribution in [3.63, 3.8) is 0 Å². The second-order valence-electron chi connectivity index (χ2n) is 6.89. The summed E-state index contributed by atoms with van der Waals surface area (Å²) in [6.45, 7) is 6.00. The van der Waals surface area contributed by atoms with Crippen molar-refractivity contribution in [3.05, 3.63) is 51.9 Å². The molecule has 1 aromatic carbocycles. The van der Waals surface area contributed by atoms with E-state index in [9.17, 15) is 9.59 Å². The lowest BCUT2D eigenvalue weighted by Crippen LogP contribution is -2.29. The molecule has 25 heavy (non-hydrogen) atoms. The van der Waals surface area contributed by atoms with Crippen molar-refractivity contribution in [1.29, 1.82) is 0 Å². The van der Waals surface area contributed by atoms with Gasteiger partial charge in [0.1, 0.15) is 0 Å². The van der Waals surface area contributed by atoms with Crippen LogP contribution in [0.15, 0.2) is 30.3 Å². The summed E-state index contributed by atoms with van der Waals surface area (Å²) in [6, 6.07) is 10.1. The molecule has 0 saturated heterocycles. The molecule has 132 valence electrons. The quantitative estimate of drug-likeness (QED) is 0.854. The maximum absolute atomic E-state index is 12.9. The Morgan fingerprint density at radius 3 is 2.44 bits per heavy atom. The van der Waals surface area contributed by atoms with Crippen LogP contribution in [0.1, 0.15) is 52.2 Å². The number of carbonyl (C=O) groups is 2. The van der Waals surface area contributed by atoms with Gasteiger partial charge in [0, 0.05) is 13.0 Å². The summed E-state index contributed by atoms with van der Waals surface area (Å²) < 4.78 is 0. The van der Waals surface area contributed by atoms with Crippen LogP contribution in [0.4, 0.5) is 5.00 Å². The molecular weight excluding hydrogens is 332 g/mol. The monoisotopic (exact) mass is 356 g/mol. The molecule has 0 bridgehead atoms. The van der Waals surface area contributed by atoms with Crippen molar-refractivity contribution in [2.75, 3.05) is 12.4 Å². The number of hydrogen-bond acceptors (Lipinski definition) is 3. The minimum Gasteiger partial charge on any atom is -0.334 e. The normalized spacial score (nSPS) is 14.9. The van der Waals surface area contributed by atoms with Crippen LogP contribution in [0.5, 0.6) is 0 Å². The molecule has 4 nitrogen and oxygen atoms in total. The minimum absolute atomic E-state index is 0.0116. The van der Waals surface area contributed by atoms with Crippen LogP contribution in [-0.4, -0.2) is 23.8 Å². The highest BCUT2D eigenvalue weighted by atomic mass is 32.1. The van der Waals surface area contributed by atoms with E-state index < -0.39 is 0 Å². The average Bonchev–Trinajstić information content (AvgIpc) is 3.38. The lowest BCUT2D eigenvalue weighted by Gasteiger charge is -2.25. The van der Waals surface area contributed by atoms with Gasteiger partial charge in [-0.25, -0.2) is 0 Å². The van der Waals surface area contributed by atoms with Crippen LogP contribution in [-0.2, 0) is 4.79 Å². The summed E-state index contributed by atoms with van der Waals surface area (Å²) >= 11 is 1.36. The number of amides is 2. The molecule has 1 aromatic heterocycles. The summed E-state index contributed by atoms with van der Waals surface area (Å²) in [5, 5.41) is 3.69. The van der Waals surface area contributed by atoms with E-state index in [1.54, 1.807) is 4.90 Å². The largest absolute Gasteiger partial charge is 0.334 e. The summed E-state index contributed by atoms with van der Waals surface area (Å²) in [6.07, 6.45) is 1.94. The first-order valence-corrected chi connectivity index (χ1v) is 9.43. The lowest BCUT2D eigenvalue weighted by molar-refractivity contribution is -0.117. The van der Waals surface area contributed by atoms with Crippen LogP contribution >= 0.6 is 11.3 Å². The van der Waals surface area contributed by atoms with Crippen LogP contribution in [0.25, 0.3) is 0 Å². The zero-order valence-corrected chi connectivity index (χ0v) is 15.9. The number of anilines is 1.